The quantitative estimate of drug-likeness (QED) is 0.515. The molecule has 0 aliphatic heterocycles. The summed E-state index contributed by atoms with van der Waals surface area (Å²) in [5, 5.41) is 12.9. The molecule has 74 valence electrons. The first-order valence-electron chi connectivity index (χ1n) is 3.72. The van der Waals surface area contributed by atoms with Crippen LogP contribution >= 0.6 is 0 Å². The number of hydrogen-bond acceptors (Lipinski definition) is 5. The number of carbonyl (C=O) groups excluding carboxylic acids is 1. The van der Waals surface area contributed by atoms with Gasteiger partial charge >= 0.3 is 0 Å². The second-order valence-electron chi connectivity index (χ2n) is 2.48. The Kier molecular flexibility index (Phi) is 2.95. The zero-order valence-electron chi connectivity index (χ0n) is 7.14. The Bertz CT molecular complexity index is 366. The number of nitro groups is 1. The maximum Gasteiger partial charge on any atom is 0.274 e. The first-order valence-corrected chi connectivity index (χ1v) is 3.72. The zero-order chi connectivity index (χ0) is 10.6. The van der Waals surface area contributed by atoms with Crippen molar-refractivity contribution in [2.24, 2.45) is 5.73 Å². The molecule has 0 aliphatic carbocycles. The SMILES string of the molecule is NC(=O)CNc1cc([N+](=O)[O-])ccn1. The summed E-state index contributed by atoms with van der Waals surface area (Å²) in [4.78, 5) is 24.0. The van der Waals surface area contributed by atoms with Gasteiger partial charge in [-0.25, -0.2) is 4.98 Å². The fraction of sp³-hybridized carbons (Fsp3) is 0.143. The fourth-order valence-electron chi connectivity index (χ4n) is 0.807. The Morgan fingerprint density at radius 3 is 3.00 bits per heavy atom. The van der Waals surface area contributed by atoms with Gasteiger partial charge < -0.3 is 11.1 Å². The van der Waals surface area contributed by atoms with Crippen LogP contribution in [0.5, 0.6) is 0 Å². The van der Waals surface area contributed by atoms with Crippen molar-refractivity contribution in [3.8, 4) is 0 Å². The Hall–Kier alpha value is -2.18. The number of aromatic nitrogens is 1. The molecule has 0 radical (unpaired) electrons. The fourth-order valence-corrected chi connectivity index (χ4v) is 0.807. The normalized spacial score (nSPS) is 9.43. The second kappa shape index (κ2) is 4.17. The second-order valence-corrected chi connectivity index (χ2v) is 2.48. The van der Waals surface area contributed by atoms with Gasteiger partial charge in [0.05, 0.1) is 17.5 Å². The number of nitrogens with zero attached hydrogens (tertiary/aromatic N) is 2. The number of primary amides is 1. The van der Waals surface area contributed by atoms with E-state index in [1.54, 1.807) is 0 Å². The Morgan fingerprint density at radius 2 is 2.43 bits per heavy atom. The van der Waals surface area contributed by atoms with Crippen LogP contribution in [0, 0.1) is 10.1 Å². The van der Waals surface area contributed by atoms with Gasteiger partial charge in [-0.2, -0.15) is 0 Å². The van der Waals surface area contributed by atoms with Gasteiger partial charge in [0.2, 0.25) is 5.91 Å². The lowest BCUT2D eigenvalue weighted by atomic mass is 10.4. The average Bonchev–Trinajstić information content (AvgIpc) is 2.15. The standard InChI is InChI=1S/C7H8N4O3/c8-6(12)4-10-7-3-5(11(13)14)1-2-9-7/h1-3H,4H2,(H2,8,12)(H,9,10). The number of pyridine rings is 1. The molecule has 1 aromatic heterocycles. The van der Waals surface area contributed by atoms with E-state index in [1.165, 1.54) is 18.3 Å². The van der Waals surface area contributed by atoms with Gasteiger partial charge in [0.15, 0.2) is 0 Å². The summed E-state index contributed by atoms with van der Waals surface area (Å²) < 4.78 is 0. The van der Waals surface area contributed by atoms with Crippen LogP contribution in [0.4, 0.5) is 11.5 Å². The van der Waals surface area contributed by atoms with E-state index in [4.69, 9.17) is 5.73 Å². The molecule has 0 fully saturated rings. The van der Waals surface area contributed by atoms with Gasteiger partial charge in [-0.1, -0.05) is 0 Å². The van der Waals surface area contributed by atoms with Gasteiger partial charge in [0.25, 0.3) is 5.69 Å². The van der Waals surface area contributed by atoms with Crippen molar-refractivity contribution >= 4 is 17.4 Å². The molecule has 1 amide bonds. The molecular formula is C7H8N4O3. The summed E-state index contributed by atoms with van der Waals surface area (Å²) in [6.45, 7) is -0.103. The Balaban J connectivity index is 2.73. The number of carbonyl (C=O) groups is 1. The van der Waals surface area contributed by atoms with Crippen LogP contribution in [0.25, 0.3) is 0 Å². The smallest absolute Gasteiger partial charge is 0.274 e. The molecule has 0 spiro atoms. The largest absolute Gasteiger partial charge is 0.368 e. The minimum Gasteiger partial charge on any atom is -0.368 e. The van der Waals surface area contributed by atoms with E-state index in [2.05, 4.69) is 10.3 Å². The topological polar surface area (TPSA) is 111 Å². The summed E-state index contributed by atoms with van der Waals surface area (Å²) in [5.74, 6) is -0.309. The van der Waals surface area contributed by atoms with Gasteiger partial charge in [-0.05, 0) is 0 Å². The highest BCUT2D eigenvalue weighted by Gasteiger charge is 2.06. The van der Waals surface area contributed by atoms with Gasteiger partial charge in [0, 0.05) is 12.3 Å². The molecule has 7 nitrogen and oxygen atoms in total. The first-order chi connectivity index (χ1) is 6.59. The first kappa shape index (κ1) is 9.90. The highest BCUT2D eigenvalue weighted by Crippen LogP contribution is 2.13. The van der Waals surface area contributed by atoms with Crippen molar-refractivity contribution in [3.05, 3.63) is 28.4 Å². The van der Waals surface area contributed by atoms with E-state index in [0.717, 1.165) is 0 Å². The van der Waals surface area contributed by atoms with Crippen molar-refractivity contribution in [1.82, 2.24) is 4.98 Å². The van der Waals surface area contributed by atoms with Crippen LogP contribution in [0.1, 0.15) is 0 Å². The number of amides is 1. The third-order valence-electron chi connectivity index (χ3n) is 1.40. The van der Waals surface area contributed by atoms with Crippen LogP contribution < -0.4 is 11.1 Å². The predicted octanol–water partition coefficient (Wildman–Crippen LogP) is -0.113. The van der Waals surface area contributed by atoms with Crippen LogP contribution in [-0.2, 0) is 4.79 Å². The summed E-state index contributed by atoms with van der Waals surface area (Å²) in [6, 6.07) is 2.48. The van der Waals surface area contributed by atoms with E-state index < -0.39 is 10.8 Å². The molecular weight excluding hydrogens is 188 g/mol. The maximum absolute atomic E-state index is 10.4. The number of hydrogen-bond donors (Lipinski definition) is 2. The van der Waals surface area contributed by atoms with E-state index in [1.807, 2.05) is 0 Å². The minimum absolute atomic E-state index is 0.0908. The van der Waals surface area contributed by atoms with Crippen molar-refractivity contribution < 1.29 is 9.72 Å². The van der Waals surface area contributed by atoms with E-state index in [-0.39, 0.29) is 18.1 Å². The molecule has 7 heteroatoms. The molecule has 14 heavy (non-hydrogen) atoms. The molecule has 0 bridgehead atoms. The Morgan fingerprint density at radius 1 is 1.71 bits per heavy atom. The molecule has 1 heterocycles. The number of rotatable bonds is 4. The molecule has 0 atom stereocenters. The lowest BCUT2D eigenvalue weighted by Crippen LogP contribution is -2.22. The molecule has 0 aromatic carbocycles. The summed E-state index contributed by atoms with van der Waals surface area (Å²) in [5.41, 5.74) is 4.78. The van der Waals surface area contributed by atoms with Crippen molar-refractivity contribution in [2.45, 2.75) is 0 Å². The van der Waals surface area contributed by atoms with Gasteiger partial charge in [0.1, 0.15) is 5.82 Å². The van der Waals surface area contributed by atoms with Gasteiger partial charge in [-0.3, -0.25) is 14.9 Å². The molecule has 1 aromatic rings. The van der Waals surface area contributed by atoms with E-state index in [9.17, 15) is 14.9 Å². The zero-order valence-corrected chi connectivity index (χ0v) is 7.14. The van der Waals surface area contributed by atoms with Crippen LogP contribution in [-0.4, -0.2) is 22.4 Å². The monoisotopic (exact) mass is 196 g/mol. The average molecular weight is 196 g/mol. The van der Waals surface area contributed by atoms with Crippen LogP contribution in [0.2, 0.25) is 0 Å². The summed E-state index contributed by atoms with van der Waals surface area (Å²) in [7, 11) is 0. The highest BCUT2D eigenvalue weighted by atomic mass is 16.6. The third-order valence-corrected chi connectivity index (χ3v) is 1.40. The van der Waals surface area contributed by atoms with E-state index in [0.29, 0.717) is 0 Å². The van der Waals surface area contributed by atoms with Crippen molar-refractivity contribution in [3.63, 3.8) is 0 Å². The van der Waals surface area contributed by atoms with Gasteiger partial charge in [-0.15, -0.1) is 0 Å². The summed E-state index contributed by atoms with van der Waals surface area (Å²) in [6.07, 6.45) is 1.28. The lowest BCUT2D eigenvalue weighted by molar-refractivity contribution is -0.384. The van der Waals surface area contributed by atoms with Crippen molar-refractivity contribution in [2.75, 3.05) is 11.9 Å². The highest BCUT2D eigenvalue weighted by molar-refractivity contribution is 5.78. The van der Waals surface area contributed by atoms with Crippen molar-refractivity contribution in [1.29, 1.82) is 0 Å². The molecule has 3 N–H and O–H groups in total. The number of nitrogens with one attached hydrogen (secondary N) is 1. The third kappa shape index (κ3) is 2.70. The molecule has 0 aliphatic rings. The lowest BCUT2D eigenvalue weighted by Gasteiger charge is -2.01. The van der Waals surface area contributed by atoms with E-state index >= 15 is 0 Å². The van der Waals surface area contributed by atoms with Crippen LogP contribution in [0.15, 0.2) is 18.3 Å². The Labute approximate surface area is 79.1 Å². The predicted molar refractivity (Wildman–Crippen MR) is 48.6 cm³/mol. The molecule has 0 saturated carbocycles. The molecule has 1 rings (SSSR count). The minimum atomic E-state index is -0.557. The molecule has 0 unspecified atom stereocenters. The molecule has 0 saturated heterocycles. The maximum atomic E-state index is 10.4. The number of anilines is 1. The number of nitrogens with two attached hydrogens (primary N) is 1. The van der Waals surface area contributed by atoms with Crippen LogP contribution in [0.3, 0.4) is 0 Å². The summed E-state index contributed by atoms with van der Waals surface area (Å²) >= 11 is 0.